The van der Waals surface area contributed by atoms with Crippen molar-refractivity contribution in [2.24, 2.45) is 0 Å². The number of benzene rings is 2. The molecule has 168 valence electrons. The largest absolute Gasteiger partial charge is 0.487 e. The number of aromatic nitrogens is 2. The lowest BCUT2D eigenvalue weighted by atomic mass is 9.93. The highest BCUT2D eigenvalue weighted by atomic mass is 35.5. The zero-order valence-corrected chi connectivity index (χ0v) is 18.4. The van der Waals surface area contributed by atoms with Gasteiger partial charge in [-0.15, -0.1) is 0 Å². The highest BCUT2D eigenvalue weighted by Gasteiger charge is 2.24. The van der Waals surface area contributed by atoms with Gasteiger partial charge in [-0.2, -0.15) is 0 Å². The SMILES string of the molecule is CC(=O)NC1CCC(Oc2cc3cncnc3cc2OCNc2ccc(F)c(Cl)c2)CC1. The monoisotopic (exact) mass is 458 g/mol. The molecule has 0 atom stereocenters. The highest BCUT2D eigenvalue weighted by Crippen LogP contribution is 2.34. The van der Waals surface area contributed by atoms with Gasteiger partial charge in [0, 0.05) is 36.3 Å². The second kappa shape index (κ2) is 9.99. The summed E-state index contributed by atoms with van der Waals surface area (Å²) in [6, 6.07) is 8.26. The summed E-state index contributed by atoms with van der Waals surface area (Å²) in [5.41, 5.74) is 1.37. The van der Waals surface area contributed by atoms with Crippen molar-refractivity contribution in [2.45, 2.75) is 44.8 Å². The number of rotatable bonds is 7. The molecule has 0 saturated heterocycles. The van der Waals surface area contributed by atoms with Crippen LogP contribution in [0.1, 0.15) is 32.6 Å². The molecule has 1 fully saturated rings. The van der Waals surface area contributed by atoms with E-state index in [4.69, 9.17) is 21.1 Å². The first-order chi connectivity index (χ1) is 15.5. The summed E-state index contributed by atoms with van der Waals surface area (Å²) in [6.45, 7) is 1.67. The minimum absolute atomic E-state index is 0.00507. The third kappa shape index (κ3) is 5.56. The fraction of sp³-hybridized carbons (Fsp3) is 0.348. The molecule has 9 heteroatoms. The quantitative estimate of drug-likeness (QED) is 0.499. The van der Waals surface area contributed by atoms with Crippen molar-refractivity contribution in [2.75, 3.05) is 12.0 Å². The van der Waals surface area contributed by atoms with Gasteiger partial charge in [0.25, 0.3) is 0 Å². The average molecular weight is 459 g/mol. The molecular weight excluding hydrogens is 435 g/mol. The van der Waals surface area contributed by atoms with Crippen molar-refractivity contribution >= 4 is 34.1 Å². The fourth-order valence-electron chi connectivity index (χ4n) is 3.79. The van der Waals surface area contributed by atoms with E-state index in [1.807, 2.05) is 12.1 Å². The second-order valence-electron chi connectivity index (χ2n) is 7.77. The minimum atomic E-state index is -0.476. The van der Waals surface area contributed by atoms with Gasteiger partial charge in [-0.05, 0) is 49.9 Å². The van der Waals surface area contributed by atoms with Crippen molar-refractivity contribution in [3.8, 4) is 11.5 Å². The number of halogens is 2. The molecule has 0 radical (unpaired) electrons. The first-order valence-electron chi connectivity index (χ1n) is 10.5. The van der Waals surface area contributed by atoms with E-state index >= 15 is 0 Å². The molecule has 32 heavy (non-hydrogen) atoms. The molecule has 1 aromatic heterocycles. The number of ether oxygens (including phenoxy) is 2. The van der Waals surface area contributed by atoms with Gasteiger partial charge >= 0.3 is 0 Å². The molecule has 1 aliphatic carbocycles. The first kappa shape index (κ1) is 22.1. The Morgan fingerprint density at radius 2 is 2.00 bits per heavy atom. The topological polar surface area (TPSA) is 85.4 Å². The maximum absolute atomic E-state index is 13.4. The Morgan fingerprint density at radius 1 is 1.19 bits per heavy atom. The summed E-state index contributed by atoms with van der Waals surface area (Å²) >= 11 is 5.83. The summed E-state index contributed by atoms with van der Waals surface area (Å²) in [7, 11) is 0. The Morgan fingerprint density at radius 3 is 2.75 bits per heavy atom. The zero-order chi connectivity index (χ0) is 22.5. The van der Waals surface area contributed by atoms with Gasteiger partial charge in [-0.3, -0.25) is 4.79 Å². The van der Waals surface area contributed by atoms with Gasteiger partial charge in [0.2, 0.25) is 5.91 Å². The molecule has 1 amide bonds. The Kier molecular flexibility index (Phi) is 6.90. The van der Waals surface area contributed by atoms with E-state index < -0.39 is 5.82 Å². The van der Waals surface area contributed by atoms with E-state index in [9.17, 15) is 9.18 Å². The van der Waals surface area contributed by atoms with E-state index in [0.717, 1.165) is 36.6 Å². The number of carbonyl (C=O) groups excluding carboxylic acids is 1. The molecule has 0 unspecified atom stereocenters. The van der Waals surface area contributed by atoms with E-state index in [0.29, 0.717) is 17.2 Å². The maximum Gasteiger partial charge on any atom is 0.217 e. The van der Waals surface area contributed by atoms with Crippen LogP contribution in [0.4, 0.5) is 10.1 Å². The molecule has 1 aliphatic rings. The van der Waals surface area contributed by atoms with Crippen LogP contribution >= 0.6 is 11.6 Å². The number of nitrogens with one attached hydrogen (secondary N) is 2. The number of carbonyl (C=O) groups is 1. The zero-order valence-electron chi connectivity index (χ0n) is 17.6. The summed E-state index contributed by atoms with van der Waals surface area (Å²) in [6.07, 6.45) is 6.63. The number of amides is 1. The predicted octanol–water partition coefficient (Wildman–Crippen LogP) is 4.70. The van der Waals surface area contributed by atoms with Crippen LogP contribution < -0.4 is 20.1 Å². The Balaban J connectivity index is 1.45. The van der Waals surface area contributed by atoms with Crippen molar-refractivity contribution in [1.82, 2.24) is 15.3 Å². The van der Waals surface area contributed by atoms with Crippen LogP contribution in [0.2, 0.25) is 5.02 Å². The van der Waals surface area contributed by atoms with Gasteiger partial charge in [0.15, 0.2) is 18.2 Å². The van der Waals surface area contributed by atoms with E-state index in [-0.39, 0.29) is 29.8 Å². The van der Waals surface area contributed by atoms with Crippen LogP contribution in [-0.2, 0) is 4.79 Å². The Labute approximate surface area is 190 Å². The van der Waals surface area contributed by atoms with Crippen LogP contribution in [0.3, 0.4) is 0 Å². The molecule has 0 aliphatic heterocycles. The maximum atomic E-state index is 13.4. The molecule has 2 aromatic carbocycles. The van der Waals surface area contributed by atoms with E-state index in [1.54, 1.807) is 12.3 Å². The number of anilines is 1. The van der Waals surface area contributed by atoms with Crippen LogP contribution in [0.15, 0.2) is 42.9 Å². The lowest BCUT2D eigenvalue weighted by Gasteiger charge is -2.29. The standard InChI is InChI=1S/C23H24ClFN4O3/c1-14(30)29-16-2-5-18(6-3-16)32-23-8-15-11-26-12-27-21(15)10-22(23)31-13-28-17-4-7-20(25)19(24)9-17/h4,7-12,16,18,28H,2-3,5-6,13H2,1H3,(H,29,30). The Bertz CT molecular complexity index is 1110. The lowest BCUT2D eigenvalue weighted by Crippen LogP contribution is -2.38. The van der Waals surface area contributed by atoms with Crippen LogP contribution in [-0.4, -0.2) is 34.8 Å². The van der Waals surface area contributed by atoms with Gasteiger partial charge in [-0.1, -0.05) is 11.6 Å². The molecule has 2 N–H and O–H groups in total. The van der Waals surface area contributed by atoms with E-state index in [1.165, 1.54) is 25.4 Å². The van der Waals surface area contributed by atoms with Gasteiger partial charge < -0.3 is 20.1 Å². The molecule has 3 aromatic rings. The molecule has 4 rings (SSSR count). The van der Waals surface area contributed by atoms with E-state index in [2.05, 4.69) is 20.6 Å². The van der Waals surface area contributed by atoms with Crippen molar-refractivity contribution < 1.29 is 18.7 Å². The van der Waals surface area contributed by atoms with Crippen molar-refractivity contribution in [3.63, 3.8) is 0 Å². The van der Waals surface area contributed by atoms with Gasteiger partial charge in [-0.25, -0.2) is 14.4 Å². The highest BCUT2D eigenvalue weighted by molar-refractivity contribution is 6.31. The summed E-state index contributed by atoms with van der Waals surface area (Å²) in [5.74, 6) is 0.667. The molecule has 0 bridgehead atoms. The second-order valence-corrected chi connectivity index (χ2v) is 8.17. The van der Waals surface area contributed by atoms with Crippen LogP contribution in [0.25, 0.3) is 10.9 Å². The van der Waals surface area contributed by atoms with Crippen LogP contribution in [0, 0.1) is 5.82 Å². The van der Waals surface area contributed by atoms with Crippen molar-refractivity contribution in [3.05, 3.63) is 53.7 Å². The lowest BCUT2D eigenvalue weighted by molar-refractivity contribution is -0.120. The number of hydrogen-bond donors (Lipinski definition) is 2. The molecule has 0 spiro atoms. The molecule has 7 nitrogen and oxygen atoms in total. The van der Waals surface area contributed by atoms with Gasteiger partial charge in [0.1, 0.15) is 12.1 Å². The summed E-state index contributed by atoms with van der Waals surface area (Å²) < 4.78 is 25.6. The number of fused-ring (bicyclic) bond motifs is 1. The number of nitrogens with zero attached hydrogens (tertiary/aromatic N) is 2. The summed E-state index contributed by atoms with van der Waals surface area (Å²) in [4.78, 5) is 19.7. The molecule has 1 heterocycles. The molecular formula is C23H24ClFN4O3. The number of hydrogen-bond acceptors (Lipinski definition) is 6. The third-order valence-electron chi connectivity index (χ3n) is 5.37. The molecule has 1 saturated carbocycles. The van der Waals surface area contributed by atoms with Crippen molar-refractivity contribution in [1.29, 1.82) is 0 Å². The smallest absolute Gasteiger partial charge is 0.217 e. The summed E-state index contributed by atoms with van der Waals surface area (Å²) in [5, 5.41) is 6.92. The normalized spacial score (nSPS) is 18.2. The predicted molar refractivity (Wildman–Crippen MR) is 121 cm³/mol. The third-order valence-corrected chi connectivity index (χ3v) is 5.66. The van der Waals surface area contributed by atoms with Crippen LogP contribution in [0.5, 0.6) is 11.5 Å². The minimum Gasteiger partial charge on any atom is -0.487 e. The average Bonchev–Trinajstić information content (AvgIpc) is 2.77. The fourth-order valence-corrected chi connectivity index (χ4v) is 3.97. The Hall–Kier alpha value is -3.13. The first-order valence-corrected chi connectivity index (χ1v) is 10.8. The van der Waals surface area contributed by atoms with Gasteiger partial charge in [0.05, 0.1) is 16.6 Å².